The van der Waals surface area contributed by atoms with Crippen LogP contribution in [0.4, 0.5) is 14.5 Å². The zero-order valence-electron chi connectivity index (χ0n) is 13.9. The van der Waals surface area contributed by atoms with Crippen LogP contribution in [0, 0.1) is 0 Å². The highest BCUT2D eigenvalue weighted by Gasteiger charge is 2.24. The van der Waals surface area contributed by atoms with Crippen molar-refractivity contribution in [2.45, 2.75) is 6.61 Å². The lowest BCUT2D eigenvalue weighted by atomic mass is 10.1. The Morgan fingerprint density at radius 3 is 2.71 bits per heavy atom. The summed E-state index contributed by atoms with van der Waals surface area (Å²) >= 11 is 6.17. The second-order valence-corrected chi connectivity index (χ2v) is 5.44. The maximum Gasteiger partial charge on any atom is 0.387 e. The molecule has 0 saturated heterocycles. The largest absolute Gasteiger partial charge is 0.433 e. The third kappa shape index (κ3) is 4.07. The number of hydrogen-bond acceptors (Lipinski definition) is 10. The van der Waals surface area contributed by atoms with Gasteiger partial charge < -0.3 is 14.6 Å². The molecule has 4 N–H and O–H groups in total. The summed E-state index contributed by atoms with van der Waals surface area (Å²) in [7, 11) is 1.57. The van der Waals surface area contributed by atoms with Crippen LogP contribution in [-0.2, 0) is 0 Å². The summed E-state index contributed by atoms with van der Waals surface area (Å²) < 4.78 is 34.2. The van der Waals surface area contributed by atoms with Crippen LogP contribution in [0.3, 0.4) is 0 Å². The highest BCUT2D eigenvalue weighted by molar-refractivity contribution is 6.37. The number of hydrazine groups is 2. The van der Waals surface area contributed by atoms with Gasteiger partial charge in [-0.15, -0.1) is 10.6 Å². The predicted molar refractivity (Wildman–Crippen MR) is 89.3 cm³/mol. The molecule has 15 heteroatoms. The molecule has 0 aliphatic carbocycles. The van der Waals surface area contributed by atoms with E-state index in [0.29, 0.717) is 0 Å². The molecule has 1 aromatic carbocycles. The summed E-state index contributed by atoms with van der Waals surface area (Å²) in [4.78, 5) is 28.1. The summed E-state index contributed by atoms with van der Waals surface area (Å²) in [6.45, 7) is -3.20. The van der Waals surface area contributed by atoms with Gasteiger partial charge in [-0.3, -0.25) is 19.9 Å². The maximum atomic E-state index is 12.7. The number of alkyl halides is 2. The molecule has 28 heavy (non-hydrogen) atoms. The normalized spacial score (nSPS) is 13.2. The number of nitrogens with one attached hydrogen (secondary N) is 4. The van der Waals surface area contributed by atoms with Crippen molar-refractivity contribution in [3.63, 3.8) is 0 Å². The molecule has 0 saturated carbocycles. The Hall–Kier alpha value is -3.52. The number of hydrazone groups is 1. The number of halogens is 3. The Morgan fingerprint density at radius 2 is 2.11 bits per heavy atom. The second-order valence-electron chi connectivity index (χ2n) is 5.06. The van der Waals surface area contributed by atoms with Gasteiger partial charge in [0.05, 0.1) is 10.6 Å². The molecule has 0 radical (unpaired) electrons. The number of rotatable bonds is 5. The fraction of sp³-hybridized carbons (Fsp3) is 0.154. The van der Waals surface area contributed by atoms with Crippen molar-refractivity contribution in [2.24, 2.45) is 5.10 Å². The zero-order chi connectivity index (χ0) is 20.3. The molecule has 1 aliphatic rings. The molecule has 12 nitrogen and oxygen atoms in total. The third-order valence-corrected chi connectivity index (χ3v) is 3.68. The number of aromatic nitrogens is 2. The van der Waals surface area contributed by atoms with Gasteiger partial charge in [0.15, 0.2) is 5.75 Å². The molecule has 1 aromatic heterocycles. The Bertz CT molecular complexity index is 924. The molecule has 148 valence electrons. The minimum absolute atomic E-state index is 0.117. The molecule has 1 aliphatic heterocycles. The van der Waals surface area contributed by atoms with E-state index in [2.05, 4.69) is 46.2 Å². The highest BCUT2D eigenvalue weighted by atomic mass is 35.5. The highest BCUT2D eigenvalue weighted by Crippen LogP contribution is 2.36. The van der Waals surface area contributed by atoms with Crippen LogP contribution in [0.25, 0.3) is 0 Å². The quantitative estimate of drug-likeness (QED) is 0.548. The van der Waals surface area contributed by atoms with Gasteiger partial charge in [0.25, 0.3) is 17.6 Å². The number of amides is 2. The topological polar surface area (TPSA) is 146 Å². The number of carbonyl (C=O) groups is 2. The zero-order valence-corrected chi connectivity index (χ0v) is 14.6. The van der Waals surface area contributed by atoms with Gasteiger partial charge in [0.2, 0.25) is 12.4 Å². The number of benzene rings is 1. The van der Waals surface area contributed by atoms with Crippen molar-refractivity contribution in [2.75, 3.05) is 12.4 Å². The minimum Gasteiger partial charge on any atom is -0.433 e. The van der Waals surface area contributed by atoms with Crippen LogP contribution in [0.5, 0.6) is 5.75 Å². The van der Waals surface area contributed by atoms with E-state index < -0.39 is 24.2 Å². The van der Waals surface area contributed by atoms with Crippen LogP contribution < -0.4 is 26.4 Å². The molecule has 2 amide bonds. The average molecular weight is 417 g/mol. The van der Waals surface area contributed by atoms with Gasteiger partial charge in [0.1, 0.15) is 5.69 Å². The van der Waals surface area contributed by atoms with E-state index in [4.69, 9.17) is 11.6 Å². The van der Waals surface area contributed by atoms with Gasteiger partial charge in [-0.05, 0) is 12.1 Å². The van der Waals surface area contributed by atoms with E-state index in [1.807, 2.05) is 0 Å². The summed E-state index contributed by atoms with van der Waals surface area (Å²) in [6, 6.07) is 2.20. The Kier molecular flexibility index (Phi) is 5.51. The third-order valence-electron chi connectivity index (χ3n) is 3.29. The van der Waals surface area contributed by atoms with Crippen molar-refractivity contribution < 1.29 is 27.6 Å². The van der Waals surface area contributed by atoms with Crippen molar-refractivity contribution >= 4 is 35.1 Å². The monoisotopic (exact) mass is 416 g/mol. The van der Waals surface area contributed by atoms with Gasteiger partial charge in [-0.1, -0.05) is 16.8 Å². The number of ether oxygens (including phenoxy) is 1. The summed E-state index contributed by atoms with van der Waals surface area (Å²) in [5.41, 5.74) is 4.47. The van der Waals surface area contributed by atoms with Gasteiger partial charge in [-0.25, -0.2) is 5.53 Å². The number of hydrogen-bond donors (Lipinski definition) is 4. The molecule has 3 rings (SSSR count). The van der Waals surface area contributed by atoms with Gasteiger partial charge in [0, 0.05) is 7.05 Å². The van der Waals surface area contributed by atoms with E-state index in [9.17, 15) is 18.4 Å². The lowest BCUT2D eigenvalue weighted by Crippen LogP contribution is -2.45. The van der Waals surface area contributed by atoms with Crippen molar-refractivity contribution in [3.8, 4) is 5.75 Å². The average Bonchev–Trinajstić information content (AvgIpc) is 3.30. The molecular formula is C13H11ClF2N8O4. The molecule has 2 aromatic rings. The molecule has 0 fully saturated rings. The van der Waals surface area contributed by atoms with Crippen LogP contribution >= 0.6 is 11.6 Å². The first-order valence-corrected chi connectivity index (χ1v) is 7.73. The first-order chi connectivity index (χ1) is 13.4. The van der Waals surface area contributed by atoms with E-state index in [1.54, 1.807) is 7.05 Å². The van der Waals surface area contributed by atoms with Crippen LogP contribution in [0.15, 0.2) is 28.2 Å². The Balaban J connectivity index is 1.91. The van der Waals surface area contributed by atoms with Crippen LogP contribution in [0.1, 0.15) is 21.0 Å². The van der Waals surface area contributed by atoms with E-state index in [1.165, 1.54) is 5.01 Å². The fourth-order valence-electron chi connectivity index (χ4n) is 2.05. The number of carbonyl (C=O) groups excluding carboxylic acids is 2. The number of anilines is 1. The first kappa shape index (κ1) is 19.2. The van der Waals surface area contributed by atoms with Crippen LogP contribution in [-0.4, -0.2) is 46.6 Å². The van der Waals surface area contributed by atoms with E-state index in [0.717, 1.165) is 18.5 Å². The molecule has 0 bridgehead atoms. The first-order valence-electron chi connectivity index (χ1n) is 7.35. The second kappa shape index (κ2) is 8.01. The van der Waals surface area contributed by atoms with Gasteiger partial charge >= 0.3 is 6.61 Å². The smallest absolute Gasteiger partial charge is 0.387 e. The maximum absolute atomic E-state index is 12.7. The lowest BCUT2D eigenvalue weighted by Gasteiger charge is -2.16. The molecular weight excluding hydrogens is 406 g/mol. The predicted octanol–water partition coefficient (Wildman–Crippen LogP) is 0.532. The fourth-order valence-corrected chi connectivity index (χ4v) is 2.34. The SMILES string of the molecule is CN1NNN=C1NC(=O)c1ccc(OC(F)F)c(NC(=O)c2ncon2)c1Cl. The lowest BCUT2D eigenvalue weighted by molar-refractivity contribution is -0.0493. The summed E-state index contributed by atoms with van der Waals surface area (Å²) in [6.07, 6.45) is 0.901. The van der Waals surface area contributed by atoms with Gasteiger partial charge in [-0.2, -0.15) is 13.8 Å². The van der Waals surface area contributed by atoms with E-state index in [-0.39, 0.29) is 28.1 Å². The molecule has 0 unspecified atom stereocenters. The summed E-state index contributed by atoms with van der Waals surface area (Å²) in [5, 5.41) is 12.8. The van der Waals surface area contributed by atoms with Crippen molar-refractivity contribution in [3.05, 3.63) is 34.9 Å². The minimum atomic E-state index is -3.20. The molecule has 0 atom stereocenters. The Labute approximate surface area is 159 Å². The summed E-state index contributed by atoms with van der Waals surface area (Å²) in [5.74, 6) is -2.37. The number of guanidine groups is 1. The van der Waals surface area contributed by atoms with Crippen molar-refractivity contribution in [1.29, 1.82) is 0 Å². The van der Waals surface area contributed by atoms with Crippen molar-refractivity contribution in [1.82, 2.24) is 31.5 Å². The molecule has 0 spiro atoms. The standard InChI is InChI=1S/C13H11ClF2N8O4/c1-24-13(20-22-23-24)19-10(25)5-2-3-6(28-12(15)16)8(7(5)14)18-11(26)9-17-4-27-21-9/h2-4,12,22-23H,1H3,(H,18,26)(H,19,20,25). The number of nitrogens with zero attached hydrogens (tertiary/aromatic N) is 4. The van der Waals surface area contributed by atoms with Crippen LogP contribution in [0.2, 0.25) is 5.02 Å². The molecule has 2 heterocycles. The Morgan fingerprint density at radius 1 is 1.32 bits per heavy atom. The van der Waals surface area contributed by atoms with E-state index >= 15 is 0 Å².